The number of H-pyrrole nitrogens is 2. The lowest BCUT2D eigenvalue weighted by atomic mass is 10.3. The molecule has 2 aromatic heterocycles. The van der Waals surface area contributed by atoms with Crippen LogP contribution in [0.2, 0.25) is 0 Å². The number of nitrogens with zero attached hydrogens (tertiary/aromatic N) is 1. The van der Waals surface area contributed by atoms with E-state index in [9.17, 15) is 0 Å². The summed E-state index contributed by atoms with van der Waals surface area (Å²) in [6.45, 7) is 4.21. The number of hydrogen-bond acceptors (Lipinski definition) is 2. The molecule has 0 radical (unpaired) electrons. The summed E-state index contributed by atoms with van der Waals surface area (Å²) in [5.74, 6) is 0.799. The number of halogens is 1. The fraction of sp³-hybridized carbons (Fsp3) is 0.357. The van der Waals surface area contributed by atoms with Crippen LogP contribution in [0.5, 0.6) is 5.75 Å². The normalized spacial score (nSPS) is 13.1. The van der Waals surface area contributed by atoms with Gasteiger partial charge in [0.2, 0.25) is 0 Å². The first-order valence-electron chi connectivity index (χ1n) is 6.29. The standard InChI is InChI=1S/C14H18BrN3O/c1-4-9(2)16-8-12-13(19-3)7-11(17-12)10-5-6-14(15)18-10/h5-9,17-18H,4H2,1-3H3. The Labute approximate surface area is 121 Å². The second kappa shape index (κ2) is 6.10. The third kappa shape index (κ3) is 3.29. The van der Waals surface area contributed by atoms with Gasteiger partial charge >= 0.3 is 0 Å². The monoisotopic (exact) mass is 323 g/mol. The topological polar surface area (TPSA) is 53.2 Å². The lowest BCUT2D eigenvalue weighted by Gasteiger charge is -2.00. The van der Waals surface area contributed by atoms with Crippen molar-refractivity contribution in [2.75, 3.05) is 7.11 Å². The molecule has 2 heterocycles. The molecule has 0 bridgehead atoms. The number of hydrogen-bond donors (Lipinski definition) is 2. The molecule has 0 saturated carbocycles. The van der Waals surface area contributed by atoms with Gasteiger partial charge in [-0.05, 0) is 41.4 Å². The van der Waals surface area contributed by atoms with Gasteiger partial charge in [-0.2, -0.15) is 0 Å². The van der Waals surface area contributed by atoms with Crippen LogP contribution in [0.25, 0.3) is 11.4 Å². The number of methoxy groups -OCH3 is 1. The maximum Gasteiger partial charge on any atom is 0.146 e. The van der Waals surface area contributed by atoms with Crippen LogP contribution in [0, 0.1) is 0 Å². The molecule has 0 aliphatic carbocycles. The van der Waals surface area contributed by atoms with Crippen molar-refractivity contribution in [2.24, 2.45) is 4.99 Å². The highest BCUT2D eigenvalue weighted by molar-refractivity contribution is 9.10. The molecule has 5 heteroatoms. The van der Waals surface area contributed by atoms with Gasteiger partial charge in [-0.1, -0.05) is 6.92 Å². The first-order valence-corrected chi connectivity index (χ1v) is 7.08. The van der Waals surface area contributed by atoms with Crippen molar-refractivity contribution in [1.29, 1.82) is 0 Å². The zero-order valence-corrected chi connectivity index (χ0v) is 12.9. The van der Waals surface area contributed by atoms with Gasteiger partial charge in [-0.15, -0.1) is 0 Å². The summed E-state index contributed by atoms with van der Waals surface area (Å²) in [6.07, 6.45) is 2.87. The highest BCUT2D eigenvalue weighted by Crippen LogP contribution is 2.26. The minimum atomic E-state index is 0.316. The van der Waals surface area contributed by atoms with Crippen LogP contribution in [0.4, 0.5) is 0 Å². The van der Waals surface area contributed by atoms with Gasteiger partial charge in [0.05, 0.1) is 28.8 Å². The molecule has 0 saturated heterocycles. The summed E-state index contributed by atoms with van der Waals surface area (Å²) in [5.41, 5.74) is 2.88. The highest BCUT2D eigenvalue weighted by Gasteiger charge is 2.10. The summed E-state index contributed by atoms with van der Waals surface area (Å²) in [5, 5.41) is 0. The van der Waals surface area contributed by atoms with Crippen molar-refractivity contribution in [3.8, 4) is 17.1 Å². The minimum Gasteiger partial charge on any atom is -0.494 e. The molecule has 0 spiro atoms. The minimum absolute atomic E-state index is 0.316. The first-order chi connectivity index (χ1) is 9.13. The molecule has 2 rings (SSSR count). The lowest BCUT2D eigenvalue weighted by Crippen LogP contribution is -1.96. The van der Waals surface area contributed by atoms with E-state index in [1.165, 1.54) is 0 Å². The summed E-state index contributed by atoms with van der Waals surface area (Å²) in [4.78, 5) is 11.0. The fourth-order valence-electron chi connectivity index (χ4n) is 1.69. The summed E-state index contributed by atoms with van der Waals surface area (Å²) in [6, 6.07) is 6.26. The quantitative estimate of drug-likeness (QED) is 0.803. The van der Waals surface area contributed by atoms with Crippen LogP contribution >= 0.6 is 15.9 Å². The van der Waals surface area contributed by atoms with Gasteiger partial charge in [-0.25, -0.2) is 0 Å². The molecular weight excluding hydrogens is 306 g/mol. The fourth-order valence-corrected chi connectivity index (χ4v) is 2.04. The molecule has 1 unspecified atom stereocenters. The molecule has 102 valence electrons. The number of aromatic nitrogens is 2. The second-order valence-corrected chi connectivity index (χ2v) is 5.27. The average molecular weight is 324 g/mol. The van der Waals surface area contributed by atoms with E-state index in [4.69, 9.17) is 4.74 Å². The maximum atomic E-state index is 5.37. The van der Waals surface area contributed by atoms with Gasteiger partial charge in [0.15, 0.2) is 0 Å². The predicted octanol–water partition coefficient (Wildman–Crippen LogP) is 4.00. The van der Waals surface area contributed by atoms with Gasteiger partial charge in [-0.3, -0.25) is 4.99 Å². The maximum absolute atomic E-state index is 5.37. The Bertz CT molecular complexity index is 571. The van der Waals surface area contributed by atoms with Crippen molar-refractivity contribution in [3.05, 3.63) is 28.5 Å². The number of aliphatic imine (C=N–C) groups is 1. The van der Waals surface area contributed by atoms with E-state index >= 15 is 0 Å². The zero-order valence-electron chi connectivity index (χ0n) is 11.3. The summed E-state index contributed by atoms with van der Waals surface area (Å²) < 4.78 is 6.32. The Morgan fingerprint density at radius 1 is 1.37 bits per heavy atom. The number of nitrogens with one attached hydrogen (secondary N) is 2. The van der Waals surface area contributed by atoms with Crippen molar-refractivity contribution in [3.63, 3.8) is 0 Å². The molecule has 19 heavy (non-hydrogen) atoms. The van der Waals surface area contributed by atoms with E-state index < -0.39 is 0 Å². The van der Waals surface area contributed by atoms with Crippen LogP contribution in [-0.2, 0) is 0 Å². The van der Waals surface area contributed by atoms with Gasteiger partial charge < -0.3 is 14.7 Å². The van der Waals surface area contributed by atoms with E-state index in [1.807, 2.05) is 24.4 Å². The smallest absolute Gasteiger partial charge is 0.146 e. The van der Waals surface area contributed by atoms with Gasteiger partial charge in [0.1, 0.15) is 5.75 Å². The molecule has 0 aromatic carbocycles. The molecule has 0 aliphatic heterocycles. The van der Waals surface area contributed by atoms with Crippen molar-refractivity contribution in [1.82, 2.24) is 9.97 Å². The van der Waals surface area contributed by atoms with Crippen molar-refractivity contribution >= 4 is 22.1 Å². The van der Waals surface area contributed by atoms with Crippen molar-refractivity contribution < 1.29 is 4.74 Å². The summed E-state index contributed by atoms with van der Waals surface area (Å²) >= 11 is 3.40. The van der Waals surface area contributed by atoms with E-state index in [0.717, 1.165) is 33.9 Å². The average Bonchev–Trinajstić information content (AvgIpc) is 3.01. The molecule has 1 atom stereocenters. The SMILES string of the molecule is CCC(C)N=Cc1[nH]c(-c2ccc(Br)[nH]2)cc1OC. The Hall–Kier alpha value is -1.49. The van der Waals surface area contributed by atoms with E-state index in [2.05, 4.69) is 44.7 Å². The summed E-state index contributed by atoms with van der Waals surface area (Å²) in [7, 11) is 1.66. The molecule has 0 amide bonds. The first kappa shape index (κ1) is 13.9. The predicted molar refractivity (Wildman–Crippen MR) is 82.2 cm³/mol. The molecule has 2 aromatic rings. The van der Waals surface area contributed by atoms with Gasteiger partial charge in [0.25, 0.3) is 0 Å². The van der Waals surface area contributed by atoms with Crippen molar-refractivity contribution in [2.45, 2.75) is 26.3 Å². The Kier molecular flexibility index (Phi) is 4.47. The number of ether oxygens (including phenoxy) is 1. The molecule has 4 nitrogen and oxygen atoms in total. The third-order valence-corrected chi connectivity index (χ3v) is 3.48. The van der Waals surface area contributed by atoms with E-state index in [-0.39, 0.29) is 0 Å². The van der Waals surface area contributed by atoms with E-state index in [0.29, 0.717) is 6.04 Å². The molecule has 0 aliphatic rings. The third-order valence-electron chi connectivity index (χ3n) is 3.02. The van der Waals surface area contributed by atoms with Crippen LogP contribution in [-0.4, -0.2) is 29.3 Å². The Morgan fingerprint density at radius 2 is 2.16 bits per heavy atom. The molecule has 0 fully saturated rings. The second-order valence-electron chi connectivity index (χ2n) is 4.42. The molecular formula is C14H18BrN3O. The van der Waals surface area contributed by atoms with Crippen LogP contribution in [0.15, 0.2) is 27.8 Å². The zero-order chi connectivity index (χ0) is 13.8. The Balaban J connectivity index is 2.29. The van der Waals surface area contributed by atoms with E-state index in [1.54, 1.807) is 7.11 Å². The van der Waals surface area contributed by atoms with Crippen LogP contribution in [0.1, 0.15) is 26.0 Å². The number of rotatable bonds is 5. The lowest BCUT2D eigenvalue weighted by molar-refractivity contribution is 0.415. The van der Waals surface area contributed by atoms with Gasteiger partial charge in [0, 0.05) is 18.3 Å². The molecule has 2 N–H and O–H groups in total. The largest absolute Gasteiger partial charge is 0.494 e. The van der Waals surface area contributed by atoms with Crippen LogP contribution < -0.4 is 4.74 Å². The highest BCUT2D eigenvalue weighted by atomic mass is 79.9. The van der Waals surface area contributed by atoms with Crippen LogP contribution in [0.3, 0.4) is 0 Å². The Morgan fingerprint density at radius 3 is 2.74 bits per heavy atom. The number of aromatic amines is 2.